The first kappa shape index (κ1) is 20.1. The first-order valence-electron chi connectivity index (χ1n) is 9.18. The van der Waals surface area contributed by atoms with E-state index in [4.69, 9.17) is 10.5 Å². The fraction of sp³-hybridized carbons (Fsp3) is 0.238. The number of nitrogens with one attached hydrogen (secondary N) is 1. The average molecular weight is 393 g/mol. The van der Waals surface area contributed by atoms with Crippen LogP contribution < -0.4 is 15.8 Å². The van der Waals surface area contributed by atoms with Crippen LogP contribution in [0.15, 0.2) is 48.9 Å². The summed E-state index contributed by atoms with van der Waals surface area (Å²) < 4.78 is 7.57. The maximum atomic E-state index is 12.0. The van der Waals surface area contributed by atoms with Crippen LogP contribution in [0.5, 0.6) is 11.5 Å². The first-order chi connectivity index (χ1) is 13.8. The van der Waals surface area contributed by atoms with E-state index in [1.54, 1.807) is 41.3 Å². The van der Waals surface area contributed by atoms with Crippen LogP contribution in [0.1, 0.15) is 30.6 Å². The number of hydrogen-bond acceptors (Lipinski definition) is 5. The van der Waals surface area contributed by atoms with Crippen LogP contribution >= 0.6 is 0 Å². The number of nitrogens with two attached hydrogens (primary N) is 1. The van der Waals surface area contributed by atoms with Crippen molar-refractivity contribution in [3.05, 3.63) is 54.5 Å². The Labute approximate surface area is 168 Å². The summed E-state index contributed by atoms with van der Waals surface area (Å²) >= 11 is 0. The van der Waals surface area contributed by atoms with Crippen molar-refractivity contribution >= 4 is 17.5 Å². The van der Waals surface area contributed by atoms with Crippen molar-refractivity contribution in [2.24, 2.45) is 18.7 Å². The van der Waals surface area contributed by atoms with Crippen molar-refractivity contribution in [2.75, 3.05) is 5.32 Å². The van der Waals surface area contributed by atoms with Crippen molar-refractivity contribution in [2.45, 2.75) is 20.3 Å². The zero-order valence-electron chi connectivity index (χ0n) is 16.5. The van der Waals surface area contributed by atoms with Crippen LogP contribution in [0, 0.1) is 5.92 Å². The van der Waals surface area contributed by atoms with E-state index in [9.17, 15) is 9.59 Å². The maximum absolute atomic E-state index is 12.0. The molecule has 3 rings (SSSR count). The number of carbonyl (C=O) groups is 2. The Morgan fingerprint density at radius 2 is 1.97 bits per heavy atom. The van der Waals surface area contributed by atoms with E-state index in [1.807, 2.05) is 27.1 Å². The monoisotopic (exact) mass is 393 g/mol. The Kier molecular flexibility index (Phi) is 5.92. The molecular formula is C21H23N5O3. The molecule has 2 aromatic heterocycles. The maximum Gasteiger partial charge on any atom is 0.250 e. The van der Waals surface area contributed by atoms with E-state index in [-0.39, 0.29) is 17.4 Å². The molecule has 0 bridgehead atoms. The molecule has 3 aromatic rings. The molecule has 3 N–H and O–H groups in total. The van der Waals surface area contributed by atoms with E-state index in [1.165, 1.54) is 6.07 Å². The van der Waals surface area contributed by atoms with Crippen molar-refractivity contribution < 1.29 is 14.3 Å². The van der Waals surface area contributed by atoms with Crippen molar-refractivity contribution in [1.29, 1.82) is 0 Å². The second kappa shape index (κ2) is 8.55. The van der Waals surface area contributed by atoms with Gasteiger partial charge in [-0.1, -0.05) is 13.8 Å². The molecule has 0 saturated carbocycles. The molecule has 0 radical (unpaired) electrons. The number of primary amides is 1. The highest BCUT2D eigenvalue weighted by Crippen LogP contribution is 2.28. The van der Waals surface area contributed by atoms with Gasteiger partial charge in [-0.2, -0.15) is 5.10 Å². The molecule has 0 fully saturated rings. The Hall–Kier alpha value is -3.68. The molecule has 0 spiro atoms. The molecule has 2 heterocycles. The summed E-state index contributed by atoms with van der Waals surface area (Å²) in [4.78, 5) is 28.2. The summed E-state index contributed by atoms with van der Waals surface area (Å²) in [6.45, 7) is 3.89. The van der Waals surface area contributed by atoms with Crippen LogP contribution in [0.25, 0.3) is 11.3 Å². The zero-order chi connectivity index (χ0) is 21.0. The zero-order valence-corrected chi connectivity index (χ0v) is 16.5. The van der Waals surface area contributed by atoms with Gasteiger partial charge in [0.2, 0.25) is 5.91 Å². The summed E-state index contributed by atoms with van der Waals surface area (Å²) in [6, 6.07) is 8.28. The highest BCUT2D eigenvalue weighted by atomic mass is 16.5. The third-order valence-corrected chi connectivity index (χ3v) is 4.09. The predicted molar refractivity (Wildman–Crippen MR) is 110 cm³/mol. The number of anilines is 1. The number of aryl methyl sites for hydroxylation is 1. The van der Waals surface area contributed by atoms with Crippen molar-refractivity contribution in [3.8, 4) is 22.8 Å². The molecule has 1 aromatic carbocycles. The molecule has 0 atom stereocenters. The van der Waals surface area contributed by atoms with Crippen LogP contribution in [0.4, 0.5) is 5.69 Å². The second-order valence-corrected chi connectivity index (χ2v) is 7.10. The van der Waals surface area contributed by atoms with Gasteiger partial charge in [-0.3, -0.25) is 19.3 Å². The molecule has 0 unspecified atom stereocenters. The molecule has 0 aliphatic carbocycles. The Morgan fingerprint density at radius 1 is 1.21 bits per heavy atom. The standard InChI is InChI=1S/C21H23N5O3/c1-13(2)8-20(27)25-18-5-4-15(9-17(18)21(22)28)29-16-6-7-23-19(10-16)14-11-24-26(3)12-14/h4-7,9-13H,8H2,1-3H3,(H2,22,28)(H,25,27). The Balaban J connectivity index is 1.82. The van der Waals surface area contributed by atoms with Crippen LogP contribution in [-0.4, -0.2) is 26.6 Å². The number of hydrogen-bond donors (Lipinski definition) is 2. The quantitative estimate of drug-likeness (QED) is 0.639. The van der Waals surface area contributed by atoms with Gasteiger partial charge in [-0.15, -0.1) is 0 Å². The number of benzene rings is 1. The molecule has 8 nitrogen and oxygen atoms in total. The molecule has 29 heavy (non-hydrogen) atoms. The summed E-state index contributed by atoms with van der Waals surface area (Å²) in [5, 5.41) is 6.87. The number of rotatable bonds is 7. The van der Waals surface area contributed by atoms with Crippen LogP contribution in [-0.2, 0) is 11.8 Å². The third-order valence-electron chi connectivity index (χ3n) is 4.09. The van der Waals surface area contributed by atoms with Gasteiger partial charge >= 0.3 is 0 Å². The summed E-state index contributed by atoms with van der Waals surface area (Å²) in [5.74, 6) is 0.345. The summed E-state index contributed by atoms with van der Waals surface area (Å²) in [6.07, 6.45) is 5.55. The Morgan fingerprint density at radius 3 is 2.62 bits per heavy atom. The van der Waals surface area contributed by atoms with Crippen molar-refractivity contribution in [1.82, 2.24) is 14.8 Å². The molecule has 0 aliphatic rings. The minimum Gasteiger partial charge on any atom is -0.457 e. The second-order valence-electron chi connectivity index (χ2n) is 7.10. The van der Waals surface area contributed by atoms with Gasteiger partial charge in [0.25, 0.3) is 5.91 Å². The van der Waals surface area contributed by atoms with Gasteiger partial charge in [-0.05, 0) is 30.2 Å². The number of nitrogens with zero attached hydrogens (tertiary/aromatic N) is 3. The van der Waals surface area contributed by atoms with Gasteiger partial charge in [0.1, 0.15) is 11.5 Å². The predicted octanol–water partition coefficient (Wildman–Crippen LogP) is 3.36. The lowest BCUT2D eigenvalue weighted by molar-refractivity contribution is -0.116. The lowest BCUT2D eigenvalue weighted by Gasteiger charge is -2.13. The van der Waals surface area contributed by atoms with Crippen LogP contribution in [0.3, 0.4) is 0 Å². The van der Waals surface area contributed by atoms with E-state index < -0.39 is 5.91 Å². The minimum absolute atomic E-state index is 0.175. The van der Waals surface area contributed by atoms with Gasteiger partial charge in [0.15, 0.2) is 0 Å². The van der Waals surface area contributed by atoms with E-state index in [0.29, 0.717) is 29.3 Å². The fourth-order valence-electron chi connectivity index (χ4n) is 2.79. The van der Waals surface area contributed by atoms with Gasteiger partial charge in [0, 0.05) is 37.5 Å². The van der Waals surface area contributed by atoms with Gasteiger partial charge < -0.3 is 15.8 Å². The normalized spacial score (nSPS) is 10.8. The molecule has 0 aliphatic heterocycles. The first-order valence-corrected chi connectivity index (χ1v) is 9.18. The number of aromatic nitrogens is 3. The topological polar surface area (TPSA) is 112 Å². The van der Waals surface area contributed by atoms with E-state index >= 15 is 0 Å². The molecule has 8 heteroatoms. The highest BCUT2D eigenvalue weighted by Gasteiger charge is 2.14. The Bertz CT molecular complexity index is 1040. The van der Waals surface area contributed by atoms with Gasteiger partial charge in [0.05, 0.1) is 23.1 Å². The molecule has 150 valence electrons. The fourth-order valence-corrected chi connectivity index (χ4v) is 2.79. The van der Waals surface area contributed by atoms with Crippen molar-refractivity contribution in [3.63, 3.8) is 0 Å². The SMILES string of the molecule is CC(C)CC(=O)Nc1ccc(Oc2ccnc(-c3cnn(C)c3)c2)cc1C(N)=O. The number of ether oxygens (including phenoxy) is 1. The van der Waals surface area contributed by atoms with E-state index in [2.05, 4.69) is 15.4 Å². The summed E-state index contributed by atoms with van der Waals surface area (Å²) in [7, 11) is 1.83. The van der Waals surface area contributed by atoms with Crippen LogP contribution in [0.2, 0.25) is 0 Å². The number of carbonyl (C=O) groups excluding carboxylic acids is 2. The smallest absolute Gasteiger partial charge is 0.250 e. The van der Waals surface area contributed by atoms with E-state index in [0.717, 1.165) is 5.56 Å². The number of amides is 2. The molecular weight excluding hydrogens is 370 g/mol. The van der Waals surface area contributed by atoms with Gasteiger partial charge in [-0.25, -0.2) is 0 Å². The lowest BCUT2D eigenvalue weighted by atomic mass is 10.1. The average Bonchev–Trinajstić information content (AvgIpc) is 3.09. The number of pyridine rings is 1. The summed E-state index contributed by atoms with van der Waals surface area (Å²) in [5.41, 5.74) is 7.61. The molecule has 0 saturated heterocycles. The highest BCUT2D eigenvalue weighted by molar-refractivity contribution is 6.03. The molecule has 2 amide bonds. The largest absolute Gasteiger partial charge is 0.457 e. The minimum atomic E-state index is -0.652. The third kappa shape index (κ3) is 5.19. The lowest BCUT2D eigenvalue weighted by Crippen LogP contribution is -2.19.